The molecular weight excluding hydrogens is 312 g/mol. The SMILES string of the molecule is CCNCC1CCN(C(=O)Cc2c[nH]c3ncccc23)CC1.Cl. The van der Waals surface area contributed by atoms with Crippen LogP contribution in [-0.2, 0) is 11.2 Å². The van der Waals surface area contributed by atoms with Crippen LogP contribution in [0.2, 0.25) is 0 Å². The molecule has 2 aromatic rings. The minimum Gasteiger partial charge on any atom is -0.346 e. The van der Waals surface area contributed by atoms with Gasteiger partial charge in [0.05, 0.1) is 6.42 Å². The molecule has 0 radical (unpaired) electrons. The number of carbonyl (C=O) groups excluding carboxylic acids is 1. The Morgan fingerprint density at radius 1 is 1.43 bits per heavy atom. The van der Waals surface area contributed by atoms with Crippen LogP contribution in [0, 0.1) is 5.92 Å². The Kier molecular flexibility index (Phi) is 6.42. The number of amides is 1. The quantitative estimate of drug-likeness (QED) is 0.881. The highest BCUT2D eigenvalue weighted by Gasteiger charge is 2.23. The first-order chi connectivity index (χ1) is 10.8. The van der Waals surface area contributed by atoms with Crippen molar-refractivity contribution in [2.45, 2.75) is 26.2 Å². The third-order valence-corrected chi connectivity index (χ3v) is 4.53. The number of pyridine rings is 1. The van der Waals surface area contributed by atoms with Crippen LogP contribution < -0.4 is 5.32 Å². The van der Waals surface area contributed by atoms with E-state index in [4.69, 9.17) is 0 Å². The Hall–Kier alpha value is -1.59. The van der Waals surface area contributed by atoms with E-state index >= 15 is 0 Å². The number of H-pyrrole nitrogens is 1. The molecule has 1 aliphatic rings. The summed E-state index contributed by atoms with van der Waals surface area (Å²) in [5.41, 5.74) is 1.90. The van der Waals surface area contributed by atoms with Gasteiger partial charge in [0.2, 0.25) is 5.91 Å². The van der Waals surface area contributed by atoms with Crippen LogP contribution >= 0.6 is 12.4 Å². The zero-order chi connectivity index (χ0) is 15.4. The van der Waals surface area contributed by atoms with Crippen molar-refractivity contribution in [3.63, 3.8) is 0 Å². The van der Waals surface area contributed by atoms with Crippen molar-refractivity contribution >= 4 is 29.3 Å². The van der Waals surface area contributed by atoms with Crippen molar-refractivity contribution in [1.82, 2.24) is 20.2 Å². The van der Waals surface area contributed by atoms with Gasteiger partial charge in [-0.1, -0.05) is 6.92 Å². The topological polar surface area (TPSA) is 61.0 Å². The molecule has 0 aliphatic carbocycles. The molecule has 0 bridgehead atoms. The second kappa shape index (κ2) is 8.31. The van der Waals surface area contributed by atoms with Crippen LogP contribution in [0.15, 0.2) is 24.5 Å². The summed E-state index contributed by atoms with van der Waals surface area (Å²) in [6.07, 6.45) is 6.35. The van der Waals surface area contributed by atoms with Gasteiger partial charge in [0, 0.05) is 30.9 Å². The van der Waals surface area contributed by atoms with Crippen molar-refractivity contribution in [2.24, 2.45) is 5.92 Å². The van der Waals surface area contributed by atoms with Crippen molar-refractivity contribution in [1.29, 1.82) is 0 Å². The molecule has 0 saturated carbocycles. The van der Waals surface area contributed by atoms with Gasteiger partial charge in [0.25, 0.3) is 0 Å². The van der Waals surface area contributed by atoms with E-state index in [1.165, 1.54) is 0 Å². The summed E-state index contributed by atoms with van der Waals surface area (Å²) >= 11 is 0. The molecular formula is C17H25ClN4O. The molecule has 0 spiro atoms. The number of nitrogens with one attached hydrogen (secondary N) is 2. The molecule has 1 fully saturated rings. The van der Waals surface area contributed by atoms with Gasteiger partial charge in [-0.2, -0.15) is 0 Å². The Morgan fingerprint density at radius 3 is 2.96 bits per heavy atom. The number of aromatic amines is 1. The fourth-order valence-electron chi connectivity index (χ4n) is 3.17. The number of aromatic nitrogens is 2. The number of halogens is 1. The number of nitrogens with zero attached hydrogens (tertiary/aromatic N) is 2. The van der Waals surface area contributed by atoms with Gasteiger partial charge in [-0.05, 0) is 49.5 Å². The monoisotopic (exact) mass is 336 g/mol. The molecule has 1 amide bonds. The summed E-state index contributed by atoms with van der Waals surface area (Å²) < 4.78 is 0. The van der Waals surface area contributed by atoms with Gasteiger partial charge < -0.3 is 15.2 Å². The fourth-order valence-corrected chi connectivity index (χ4v) is 3.17. The number of fused-ring (bicyclic) bond motifs is 1. The molecule has 3 heterocycles. The Balaban J connectivity index is 0.00000192. The third-order valence-electron chi connectivity index (χ3n) is 4.53. The van der Waals surface area contributed by atoms with E-state index in [0.717, 1.165) is 55.6 Å². The first-order valence-electron chi connectivity index (χ1n) is 8.17. The van der Waals surface area contributed by atoms with E-state index < -0.39 is 0 Å². The normalized spacial score (nSPS) is 15.6. The molecule has 23 heavy (non-hydrogen) atoms. The highest BCUT2D eigenvalue weighted by Crippen LogP contribution is 2.20. The number of rotatable bonds is 5. The lowest BCUT2D eigenvalue weighted by atomic mass is 9.96. The zero-order valence-electron chi connectivity index (χ0n) is 13.5. The van der Waals surface area contributed by atoms with Crippen LogP contribution in [0.5, 0.6) is 0 Å². The van der Waals surface area contributed by atoms with Crippen LogP contribution in [0.1, 0.15) is 25.3 Å². The highest BCUT2D eigenvalue weighted by atomic mass is 35.5. The number of hydrogen-bond acceptors (Lipinski definition) is 3. The number of hydrogen-bond donors (Lipinski definition) is 2. The average Bonchev–Trinajstić information content (AvgIpc) is 2.96. The summed E-state index contributed by atoms with van der Waals surface area (Å²) in [7, 11) is 0. The van der Waals surface area contributed by atoms with E-state index in [0.29, 0.717) is 12.3 Å². The van der Waals surface area contributed by atoms with Crippen LogP contribution in [0.3, 0.4) is 0 Å². The molecule has 2 N–H and O–H groups in total. The fraction of sp³-hybridized carbons (Fsp3) is 0.529. The molecule has 126 valence electrons. The number of piperidine rings is 1. The molecule has 0 aromatic carbocycles. The van der Waals surface area contributed by atoms with Gasteiger partial charge in [-0.25, -0.2) is 4.98 Å². The van der Waals surface area contributed by atoms with Crippen molar-refractivity contribution in [2.75, 3.05) is 26.2 Å². The molecule has 3 rings (SSSR count). The Bertz CT molecular complexity index is 634. The van der Waals surface area contributed by atoms with Gasteiger partial charge in [-0.15, -0.1) is 12.4 Å². The van der Waals surface area contributed by atoms with Crippen molar-refractivity contribution < 1.29 is 4.79 Å². The molecule has 1 aliphatic heterocycles. The second-order valence-corrected chi connectivity index (χ2v) is 6.02. The van der Waals surface area contributed by atoms with E-state index in [9.17, 15) is 4.79 Å². The summed E-state index contributed by atoms with van der Waals surface area (Å²) in [6.45, 7) is 6.00. The first kappa shape index (κ1) is 17.8. The Morgan fingerprint density at radius 2 is 2.22 bits per heavy atom. The molecule has 2 aromatic heterocycles. The smallest absolute Gasteiger partial charge is 0.227 e. The molecule has 0 unspecified atom stereocenters. The molecule has 0 atom stereocenters. The standard InChI is InChI=1S/C17H24N4O.ClH/c1-2-18-11-13-5-8-21(9-6-13)16(22)10-14-12-20-17-15(14)4-3-7-19-17;/h3-4,7,12-13,18H,2,5-6,8-11H2,1H3,(H,19,20);1H. The van der Waals surface area contributed by atoms with E-state index in [1.807, 2.05) is 23.2 Å². The number of likely N-dealkylation sites (tertiary alicyclic amines) is 1. The maximum absolute atomic E-state index is 12.5. The van der Waals surface area contributed by atoms with Crippen molar-refractivity contribution in [3.8, 4) is 0 Å². The van der Waals surface area contributed by atoms with E-state index in [1.54, 1.807) is 6.20 Å². The van der Waals surface area contributed by atoms with Crippen LogP contribution in [-0.4, -0.2) is 47.0 Å². The molecule has 5 nitrogen and oxygen atoms in total. The summed E-state index contributed by atoms with van der Waals surface area (Å²) in [5.74, 6) is 0.938. The maximum Gasteiger partial charge on any atom is 0.227 e. The lowest BCUT2D eigenvalue weighted by Gasteiger charge is -2.32. The number of carbonyl (C=O) groups is 1. The zero-order valence-corrected chi connectivity index (χ0v) is 14.4. The average molecular weight is 337 g/mol. The lowest BCUT2D eigenvalue weighted by Crippen LogP contribution is -2.41. The summed E-state index contributed by atoms with van der Waals surface area (Å²) in [5, 5.41) is 4.46. The summed E-state index contributed by atoms with van der Waals surface area (Å²) in [6, 6.07) is 3.93. The van der Waals surface area contributed by atoms with Crippen molar-refractivity contribution in [3.05, 3.63) is 30.1 Å². The third kappa shape index (κ3) is 4.24. The van der Waals surface area contributed by atoms with E-state index in [-0.39, 0.29) is 18.3 Å². The first-order valence-corrected chi connectivity index (χ1v) is 8.17. The van der Waals surface area contributed by atoms with Gasteiger partial charge in [-0.3, -0.25) is 4.79 Å². The van der Waals surface area contributed by atoms with E-state index in [2.05, 4.69) is 22.2 Å². The van der Waals surface area contributed by atoms with Crippen LogP contribution in [0.4, 0.5) is 0 Å². The van der Waals surface area contributed by atoms with Gasteiger partial charge >= 0.3 is 0 Å². The van der Waals surface area contributed by atoms with Gasteiger partial charge in [0.1, 0.15) is 5.65 Å². The molecule has 6 heteroatoms. The Labute approximate surface area is 143 Å². The predicted molar refractivity (Wildman–Crippen MR) is 94.9 cm³/mol. The van der Waals surface area contributed by atoms with Crippen LogP contribution in [0.25, 0.3) is 11.0 Å². The predicted octanol–water partition coefficient (Wildman–Crippen LogP) is 2.38. The largest absolute Gasteiger partial charge is 0.346 e. The molecule has 1 saturated heterocycles. The summed E-state index contributed by atoms with van der Waals surface area (Å²) in [4.78, 5) is 21.9. The highest BCUT2D eigenvalue weighted by molar-refractivity contribution is 5.87. The lowest BCUT2D eigenvalue weighted by molar-refractivity contribution is -0.131. The second-order valence-electron chi connectivity index (χ2n) is 6.02. The minimum atomic E-state index is 0. The van der Waals surface area contributed by atoms with Gasteiger partial charge in [0.15, 0.2) is 0 Å². The maximum atomic E-state index is 12.5. The minimum absolute atomic E-state index is 0.